The second kappa shape index (κ2) is 9.50. The highest BCUT2D eigenvalue weighted by Crippen LogP contribution is 2.36. The SMILES string of the molecule is Cc1nnnn1-c1ccc(CCNc2ncc(C#N)c(N[C@@H]3CC[C@H](O)C(C)(C)C3)n2)cc1. The van der Waals surface area contributed by atoms with Gasteiger partial charge in [-0.05, 0) is 66.1 Å². The zero-order chi connectivity index (χ0) is 23.4. The monoisotopic (exact) mass is 447 g/mol. The van der Waals surface area contributed by atoms with Gasteiger partial charge in [0.1, 0.15) is 17.5 Å². The summed E-state index contributed by atoms with van der Waals surface area (Å²) in [4.78, 5) is 8.83. The molecule has 33 heavy (non-hydrogen) atoms. The van der Waals surface area contributed by atoms with Crippen LogP contribution in [0.25, 0.3) is 5.69 Å². The van der Waals surface area contributed by atoms with Crippen molar-refractivity contribution < 1.29 is 5.11 Å². The number of aliphatic hydroxyl groups excluding tert-OH is 1. The number of hydrogen-bond donors (Lipinski definition) is 3. The highest BCUT2D eigenvalue weighted by molar-refractivity contribution is 5.54. The minimum absolute atomic E-state index is 0.153. The van der Waals surface area contributed by atoms with E-state index >= 15 is 0 Å². The number of aliphatic hydroxyl groups is 1. The van der Waals surface area contributed by atoms with Gasteiger partial charge in [-0.25, -0.2) is 4.98 Å². The molecule has 10 nitrogen and oxygen atoms in total. The van der Waals surface area contributed by atoms with Gasteiger partial charge in [0.05, 0.1) is 18.0 Å². The first-order valence-corrected chi connectivity index (χ1v) is 11.2. The van der Waals surface area contributed by atoms with Crippen molar-refractivity contribution >= 4 is 11.8 Å². The molecule has 4 rings (SSSR count). The lowest BCUT2D eigenvalue weighted by Gasteiger charge is -2.40. The predicted octanol–water partition coefficient (Wildman–Crippen LogP) is 2.64. The van der Waals surface area contributed by atoms with Crippen LogP contribution in [0.15, 0.2) is 30.5 Å². The minimum atomic E-state index is -0.306. The van der Waals surface area contributed by atoms with Gasteiger partial charge in [0, 0.05) is 12.6 Å². The zero-order valence-electron chi connectivity index (χ0n) is 19.2. The lowest BCUT2D eigenvalue weighted by atomic mass is 9.73. The van der Waals surface area contributed by atoms with Crippen molar-refractivity contribution in [3.63, 3.8) is 0 Å². The minimum Gasteiger partial charge on any atom is -0.393 e. The summed E-state index contributed by atoms with van der Waals surface area (Å²) in [5.74, 6) is 1.75. The van der Waals surface area contributed by atoms with E-state index in [2.05, 4.69) is 56.0 Å². The zero-order valence-corrected chi connectivity index (χ0v) is 19.2. The normalized spacial score (nSPS) is 19.6. The smallest absolute Gasteiger partial charge is 0.224 e. The van der Waals surface area contributed by atoms with Gasteiger partial charge in [-0.15, -0.1) is 5.10 Å². The van der Waals surface area contributed by atoms with Gasteiger partial charge in [-0.3, -0.25) is 0 Å². The summed E-state index contributed by atoms with van der Waals surface area (Å²) >= 11 is 0. The van der Waals surface area contributed by atoms with E-state index in [1.807, 2.05) is 31.2 Å². The molecule has 2 heterocycles. The summed E-state index contributed by atoms with van der Waals surface area (Å²) in [5, 5.41) is 37.9. The second-order valence-corrected chi connectivity index (χ2v) is 9.18. The fourth-order valence-corrected chi connectivity index (χ4v) is 4.19. The molecule has 172 valence electrons. The van der Waals surface area contributed by atoms with E-state index in [9.17, 15) is 10.4 Å². The first-order valence-electron chi connectivity index (χ1n) is 11.2. The van der Waals surface area contributed by atoms with Crippen LogP contribution in [0, 0.1) is 23.7 Å². The number of nitrogens with one attached hydrogen (secondary N) is 2. The Labute approximate surface area is 193 Å². The number of rotatable bonds is 7. The molecule has 1 fully saturated rings. The summed E-state index contributed by atoms with van der Waals surface area (Å²) < 4.78 is 1.69. The van der Waals surface area contributed by atoms with Crippen molar-refractivity contribution in [2.75, 3.05) is 17.2 Å². The Morgan fingerprint density at radius 1 is 1.24 bits per heavy atom. The first kappa shape index (κ1) is 22.6. The number of nitrogens with zero attached hydrogens (tertiary/aromatic N) is 7. The van der Waals surface area contributed by atoms with Crippen LogP contribution in [0.3, 0.4) is 0 Å². The average Bonchev–Trinajstić information content (AvgIpc) is 3.23. The molecule has 2 aromatic heterocycles. The number of hydrogen-bond acceptors (Lipinski definition) is 9. The number of aromatic nitrogens is 6. The van der Waals surface area contributed by atoms with Crippen molar-refractivity contribution in [3.05, 3.63) is 47.4 Å². The lowest BCUT2D eigenvalue weighted by molar-refractivity contribution is 0.00926. The Bertz CT molecular complexity index is 1130. The molecular formula is C23H29N9O. The Kier molecular flexibility index (Phi) is 6.51. The fraction of sp³-hybridized carbons (Fsp3) is 0.478. The first-order chi connectivity index (χ1) is 15.9. The van der Waals surface area contributed by atoms with Crippen molar-refractivity contribution in [3.8, 4) is 11.8 Å². The highest BCUT2D eigenvalue weighted by Gasteiger charge is 2.35. The van der Waals surface area contributed by atoms with Gasteiger partial charge in [-0.1, -0.05) is 26.0 Å². The van der Waals surface area contributed by atoms with Crippen LogP contribution < -0.4 is 10.6 Å². The summed E-state index contributed by atoms with van der Waals surface area (Å²) in [6, 6.07) is 10.4. The molecule has 0 amide bonds. The Hall–Kier alpha value is -3.58. The number of aryl methyl sites for hydroxylation is 1. The summed E-state index contributed by atoms with van der Waals surface area (Å²) in [6.45, 7) is 6.65. The Balaban J connectivity index is 1.36. The van der Waals surface area contributed by atoms with Gasteiger partial charge >= 0.3 is 0 Å². The van der Waals surface area contributed by atoms with Crippen molar-refractivity contribution in [1.82, 2.24) is 30.2 Å². The number of tetrazole rings is 1. The maximum absolute atomic E-state index is 10.2. The van der Waals surface area contributed by atoms with Crippen LogP contribution in [0.1, 0.15) is 50.1 Å². The van der Waals surface area contributed by atoms with Crippen molar-refractivity contribution in [1.29, 1.82) is 5.26 Å². The van der Waals surface area contributed by atoms with Crippen LogP contribution in [-0.2, 0) is 6.42 Å². The average molecular weight is 448 g/mol. The fourth-order valence-electron chi connectivity index (χ4n) is 4.19. The quantitative estimate of drug-likeness (QED) is 0.499. The van der Waals surface area contributed by atoms with Gasteiger partial charge in [-0.2, -0.15) is 14.9 Å². The van der Waals surface area contributed by atoms with Crippen molar-refractivity contribution in [2.24, 2.45) is 5.41 Å². The molecular weight excluding hydrogens is 418 g/mol. The van der Waals surface area contributed by atoms with E-state index in [1.54, 1.807) is 10.9 Å². The molecule has 0 aliphatic heterocycles. The molecule has 0 unspecified atom stereocenters. The molecule has 0 radical (unpaired) electrons. The van der Waals surface area contributed by atoms with E-state index in [1.165, 1.54) is 0 Å². The summed E-state index contributed by atoms with van der Waals surface area (Å²) in [6.07, 6.45) is 4.40. The molecule has 0 bridgehead atoms. The van der Waals surface area contributed by atoms with E-state index in [4.69, 9.17) is 0 Å². The number of anilines is 2. The summed E-state index contributed by atoms with van der Waals surface area (Å²) in [7, 11) is 0. The standard InChI is InChI=1S/C23H29N9O/c1-15-29-30-31-32(15)19-7-4-16(5-8-19)10-11-25-22-26-14-17(13-24)21(28-22)27-18-6-9-20(33)23(2,3)12-18/h4-5,7-8,14,18,20,33H,6,9-12H2,1-3H3,(H2,25,26,27,28)/t18-,20+/m1/s1. The maximum Gasteiger partial charge on any atom is 0.224 e. The third-order valence-electron chi connectivity index (χ3n) is 6.22. The molecule has 1 aromatic carbocycles. The van der Waals surface area contributed by atoms with E-state index in [0.717, 1.165) is 42.8 Å². The van der Waals surface area contributed by atoms with Crippen LogP contribution in [-0.4, -0.2) is 54.0 Å². The lowest BCUT2D eigenvalue weighted by Crippen LogP contribution is -2.41. The van der Waals surface area contributed by atoms with Gasteiger partial charge in [0.25, 0.3) is 0 Å². The van der Waals surface area contributed by atoms with E-state index in [-0.39, 0.29) is 17.6 Å². The van der Waals surface area contributed by atoms with Gasteiger partial charge in [0.15, 0.2) is 5.82 Å². The summed E-state index contributed by atoms with van der Waals surface area (Å²) in [5.41, 5.74) is 2.32. The van der Waals surface area contributed by atoms with E-state index in [0.29, 0.717) is 23.9 Å². The number of benzene rings is 1. The molecule has 1 aliphatic rings. The third kappa shape index (κ3) is 5.26. The Morgan fingerprint density at radius 2 is 2.03 bits per heavy atom. The van der Waals surface area contributed by atoms with Crippen LogP contribution in [0.5, 0.6) is 0 Å². The van der Waals surface area contributed by atoms with Crippen molar-refractivity contribution in [2.45, 2.75) is 58.6 Å². The van der Waals surface area contributed by atoms with Gasteiger partial charge in [0.2, 0.25) is 5.95 Å². The van der Waals surface area contributed by atoms with Crippen LogP contribution >= 0.6 is 0 Å². The molecule has 0 spiro atoms. The highest BCUT2D eigenvalue weighted by atomic mass is 16.3. The van der Waals surface area contributed by atoms with Gasteiger partial charge < -0.3 is 15.7 Å². The van der Waals surface area contributed by atoms with Crippen LogP contribution in [0.4, 0.5) is 11.8 Å². The molecule has 0 saturated heterocycles. The molecule has 3 aromatic rings. The second-order valence-electron chi connectivity index (χ2n) is 9.18. The van der Waals surface area contributed by atoms with Crippen LogP contribution in [0.2, 0.25) is 0 Å². The molecule has 10 heteroatoms. The molecule has 3 N–H and O–H groups in total. The molecule has 2 atom stereocenters. The topological polar surface area (TPSA) is 137 Å². The molecule has 1 aliphatic carbocycles. The maximum atomic E-state index is 10.2. The largest absolute Gasteiger partial charge is 0.393 e. The molecule has 1 saturated carbocycles. The third-order valence-corrected chi connectivity index (χ3v) is 6.22. The number of nitriles is 1. The predicted molar refractivity (Wildman–Crippen MR) is 124 cm³/mol. The van der Waals surface area contributed by atoms with E-state index < -0.39 is 0 Å². The Morgan fingerprint density at radius 3 is 2.70 bits per heavy atom.